The van der Waals surface area contributed by atoms with Gasteiger partial charge in [0.1, 0.15) is 11.1 Å². The summed E-state index contributed by atoms with van der Waals surface area (Å²) in [6.45, 7) is 1.88. The van der Waals surface area contributed by atoms with Crippen molar-refractivity contribution in [2.24, 2.45) is 0 Å². The Labute approximate surface area is 211 Å². The lowest BCUT2D eigenvalue weighted by atomic mass is 9.80. The molecule has 1 aliphatic carbocycles. The van der Waals surface area contributed by atoms with Crippen molar-refractivity contribution in [1.29, 1.82) is 0 Å². The molecule has 1 atom stereocenters. The Morgan fingerprint density at radius 2 is 1.70 bits per heavy atom. The van der Waals surface area contributed by atoms with E-state index in [1.54, 1.807) is 24.3 Å². The Morgan fingerprint density at radius 1 is 1.03 bits per heavy atom. The van der Waals surface area contributed by atoms with E-state index in [1.807, 2.05) is 6.92 Å². The third-order valence-corrected chi connectivity index (χ3v) is 6.67. The molecule has 1 fully saturated rings. The Morgan fingerprint density at radius 3 is 2.32 bits per heavy atom. The van der Waals surface area contributed by atoms with E-state index in [2.05, 4.69) is 15.6 Å². The highest BCUT2D eigenvalue weighted by atomic mass is 19.4. The standard InChI is InChI=1S/C27H28F3N3O4/c1-2-8-20(22(34)24-31-19-9-4-5-10-21(19)37-24)32-25(36)26(15-6-3-7-16-26)33-23(35)17-11-13-18(14-12-17)27(28,29)30/h4-5,9-14,20H,2-3,6-8,15-16H2,1H3,(H,32,36)(H,33,35)/t20-/m0/s1. The minimum atomic E-state index is -4.52. The first kappa shape index (κ1) is 26.4. The molecule has 1 aromatic heterocycles. The van der Waals surface area contributed by atoms with Crippen LogP contribution in [0.1, 0.15) is 78.5 Å². The molecule has 0 saturated heterocycles. The van der Waals surface area contributed by atoms with Gasteiger partial charge < -0.3 is 15.1 Å². The molecule has 4 rings (SSSR count). The van der Waals surface area contributed by atoms with E-state index in [0.29, 0.717) is 49.6 Å². The number of Topliss-reactive ketones (excluding diaryl/α,β-unsaturated/α-hetero) is 1. The van der Waals surface area contributed by atoms with Crippen molar-refractivity contribution in [3.63, 3.8) is 0 Å². The van der Waals surface area contributed by atoms with Crippen molar-refractivity contribution in [2.45, 2.75) is 69.6 Å². The average Bonchev–Trinajstić information content (AvgIpc) is 3.32. The number of nitrogens with one attached hydrogen (secondary N) is 2. The minimum Gasteiger partial charge on any atom is -0.434 e. The zero-order chi connectivity index (χ0) is 26.6. The number of fused-ring (bicyclic) bond motifs is 1. The van der Waals surface area contributed by atoms with E-state index in [9.17, 15) is 27.6 Å². The predicted molar refractivity (Wildman–Crippen MR) is 130 cm³/mol. The molecule has 10 heteroatoms. The summed E-state index contributed by atoms with van der Waals surface area (Å²) in [6.07, 6.45) is -0.646. The molecule has 0 spiro atoms. The number of benzene rings is 2. The molecule has 1 aliphatic rings. The lowest BCUT2D eigenvalue weighted by Gasteiger charge is -2.37. The van der Waals surface area contributed by atoms with Gasteiger partial charge in [0.2, 0.25) is 11.7 Å². The summed E-state index contributed by atoms with van der Waals surface area (Å²) >= 11 is 0. The zero-order valence-corrected chi connectivity index (χ0v) is 20.4. The fourth-order valence-corrected chi connectivity index (χ4v) is 4.64. The van der Waals surface area contributed by atoms with Crippen molar-refractivity contribution in [1.82, 2.24) is 15.6 Å². The minimum absolute atomic E-state index is 0.0124. The molecule has 196 valence electrons. The van der Waals surface area contributed by atoms with E-state index < -0.39 is 40.9 Å². The van der Waals surface area contributed by atoms with Gasteiger partial charge >= 0.3 is 6.18 Å². The third-order valence-electron chi connectivity index (χ3n) is 6.67. The Kier molecular flexibility index (Phi) is 7.65. The van der Waals surface area contributed by atoms with Gasteiger partial charge in [0.05, 0.1) is 11.6 Å². The normalized spacial score (nSPS) is 16.2. The molecule has 7 nitrogen and oxygen atoms in total. The second-order valence-corrected chi connectivity index (χ2v) is 9.34. The number of para-hydroxylation sites is 2. The second-order valence-electron chi connectivity index (χ2n) is 9.34. The van der Waals surface area contributed by atoms with Crippen LogP contribution in [-0.4, -0.2) is 34.2 Å². The number of hydrogen-bond acceptors (Lipinski definition) is 5. The average molecular weight is 516 g/mol. The van der Waals surface area contributed by atoms with Crippen LogP contribution in [0, 0.1) is 0 Å². The number of carbonyl (C=O) groups is 3. The number of carbonyl (C=O) groups excluding carboxylic acids is 3. The number of alkyl halides is 3. The molecule has 2 N–H and O–H groups in total. The van der Waals surface area contributed by atoms with Gasteiger partial charge in [-0.2, -0.15) is 13.2 Å². The van der Waals surface area contributed by atoms with Crippen molar-refractivity contribution in [3.8, 4) is 0 Å². The number of amides is 2. The largest absolute Gasteiger partial charge is 0.434 e. The third kappa shape index (κ3) is 5.84. The maximum Gasteiger partial charge on any atom is 0.416 e. The topological polar surface area (TPSA) is 101 Å². The van der Waals surface area contributed by atoms with Gasteiger partial charge in [0.15, 0.2) is 5.58 Å². The van der Waals surface area contributed by atoms with Gasteiger partial charge in [-0.25, -0.2) is 4.98 Å². The Bertz CT molecular complexity index is 1250. The number of hydrogen-bond donors (Lipinski definition) is 2. The molecule has 0 aliphatic heterocycles. The molecule has 37 heavy (non-hydrogen) atoms. The molecule has 2 amide bonds. The smallest absolute Gasteiger partial charge is 0.416 e. The van der Waals surface area contributed by atoms with E-state index >= 15 is 0 Å². The summed E-state index contributed by atoms with van der Waals surface area (Å²) in [5.41, 5.74) is -1.15. The van der Waals surface area contributed by atoms with E-state index in [-0.39, 0.29) is 11.5 Å². The van der Waals surface area contributed by atoms with Crippen LogP contribution >= 0.6 is 0 Å². The summed E-state index contributed by atoms with van der Waals surface area (Å²) in [7, 11) is 0. The number of nitrogens with zero attached hydrogens (tertiary/aromatic N) is 1. The SMILES string of the molecule is CCC[C@H](NC(=O)C1(NC(=O)c2ccc(C(F)(F)F)cc2)CCCCC1)C(=O)c1nc2ccccc2o1. The van der Waals surface area contributed by atoms with Crippen LogP contribution in [0.25, 0.3) is 11.1 Å². The van der Waals surface area contributed by atoms with Crippen LogP contribution in [0.5, 0.6) is 0 Å². The first-order valence-electron chi connectivity index (χ1n) is 12.3. The number of oxazole rings is 1. The van der Waals surface area contributed by atoms with Crippen LogP contribution in [0.3, 0.4) is 0 Å². The lowest BCUT2D eigenvalue weighted by molar-refractivity contribution is -0.137. The fraction of sp³-hybridized carbons (Fsp3) is 0.407. The van der Waals surface area contributed by atoms with Gasteiger partial charge in [-0.15, -0.1) is 0 Å². The molecule has 1 saturated carbocycles. The summed E-state index contributed by atoms with van der Waals surface area (Å²) in [5.74, 6) is -1.73. The van der Waals surface area contributed by atoms with Crippen molar-refractivity contribution >= 4 is 28.7 Å². The molecule has 3 aromatic rings. The number of rotatable bonds is 8. The Balaban J connectivity index is 1.54. The van der Waals surface area contributed by atoms with Crippen LogP contribution in [0.15, 0.2) is 52.9 Å². The Hall–Kier alpha value is -3.69. The molecule has 0 bridgehead atoms. The fourth-order valence-electron chi connectivity index (χ4n) is 4.64. The van der Waals surface area contributed by atoms with Crippen LogP contribution in [0.4, 0.5) is 13.2 Å². The van der Waals surface area contributed by atoms with E-state index in [0.717, 1.165) is 30.7 Å². The van der Waals surface area contributed by atoms with Crippen LogP contribution in [-0.2, 0) is 11.0 Å². The molecule has 1 heterocycles. The maximum absolute atomic E-state index is 13.6. The number of aromatic nitrogens is 1. The first-order valence-corrected chi connectivity index (χ1v) is 12.3. The van der Waals surface area contributed by atoms with Crippen molar-refractivity contribution < 1.29 is 32.0 Å². The second kappa shape index (κ2) is 10.7. The van der Waals surface area contributed by atoms with Gasteiger partial charge in [0.25, 0.3) is 11.8 Å². The maximum atomic E-state index is 13.6. The predicted octanol–water partition coefficient (Wildman–Crippen LogP) is 5.45. The number of ketones is 1. The monoisotopic (exact) mass is 515 g/mol. The van der Waals surface area contributed by atoms with Gasteiger partial charge in [-0.3, -0.25) is 14.4 Å². The summed E-state index contributed by atoms with van der Waals surface area (Å²) in [5, 5.41) is 5.58. The molecular formula is C27H28F3N3O4. The molecule has 2 aromatic carbocycles. The van der Waals surface area contributed by atoms with E-state index in [4.69, 9.17) is 4.42 Å². The van der Waals surface area contributed by atoms with Crippen molar-refractivity contribution in [3.05, 3.63) is 65.5 Å². The number of halogens is 3. The summed E-state index contributed by atoms with van der Waals surface area (Å²) in [4.78, 5) is 44.1. The van der Waals surface area contributed by atoms with Gasteiger partial charge in [0, 0.05) is 5.56 Å². The van der Waals surface area contributed by atoms with Crippen molar-refractivity contribution in [2.75, 3.05) is 0 Å². The highest BCUT2D eigenvalue weighted by molar-refractivity contribution is 6.03. The summed E-state index contributed by atoms with van der Waals surface area (Å²) < 4.78 is 44.3. The highest BCUT2D eigenvalue weighted by Crippen LogP contribution is 2.31. The zero-order valence-electron chi connectivity index (χ0n) is 20.4. The van der Waals surface area contributed by atoms with Gasteiger partial charge in [-0.1, -0.05) is 44.7 Å². The lowest BCUT2D eigenvalue weighted by Crippen LogP contribution is -2.62. The molecule has 0 radical (unpaired) electrons. The quantitative estimate of drug-likeness (QED) is 0.389. The highest BCUT2D eigenvalue weighted by Gasteiger charge is 2.43. The summed E-state index contributed by atoms with van der Waals surface area (Å²) in [6, 6.07) is 9.88. The van der Waals surface area contributed by atoms with Gasteiger partial charge in [-0.05, 0) is 55.7 Å². The first-order chi connectivity index (χ1) is 17.6. The van der Waals surface area contributed by atoms with E-state index in [1.165, 1.54) is 0 Å². The molecular weight excluding hydrogens is 487 g/mol. The molecule has 0 unspecified atom stereocenters. The van der Waals surface area contributed by atoms with Crippen LogP contribution in [0.2, 0.25) is 0 Å². The van der Waals surface area contributed by atoms with Crippen LogP contribution < -0.4 is 10.6 Å².